The number of amides is 1. The third-order valence-corrected chi connectivity index (χ3v) is 4.02. The van der Waals surface area contributed by atoms with Gasteiger partial charge >= 0.3 is 0 Å². The van der Waals surface area contributed by atoms with Crippen LogP contribution in [-0.4, -0.2) is 39.6 Å². The number of H-pyrrole nitrogens is 1. The summed E-state index contributed by atoms with van der Waals surface area (Å²) >= 11 is 0. The van der Waals surface area contributed by atoms with Crippen molar-refractivity contribution in [2.24, 2.45) is 0 Å². The van der Waals surface area contributed by atoms with Crippen LogP contribution in [0.1, 0.15) is 16.1 Å². The van der Waals surface area contributed by atoms with Gasteiger partial charge < -0.3 is 20.1 Å². The Bertz CT molecular complexity index is 1100. The quantitative estimate of drug-likeness (QED) is 0.579. The molecule has 0 unspecified atom stereocenters. The van der Waals surface area contributed by atoms with Crippen LogP contribution in [0.5, 0.6) is 11.6 Å². The van der Waals surface area contributed by atoms with Crippen LogP contribution in [0.4, 0.5) is 8.78 Å². The Kier molecular flexibility index (Phi) is 5.82. The number of hydrogen-bond acceptors (Lipinski definition) is 6. The molecular formula is C19H16F2N4O4. The van der Waals surface area contributed by atoms with Gasteiger partial charge in [-0.1, -0.05) is 6.07 Å². The van der Waals surface area contributed by atoms with Crippen molar-refractivity contribution in [3.63, 3.8) is 0 Å². The maximum Gasteiger partial charge on any atom is 0.294 e. The predicted molar refractivity (Wildman–Crippen MR) is 98.7 cm³/mol. The first-order valence-electron chi connectivity index (χ1n) is 8.45. The van der Waals surface area contributed by atoms with Gasteiger partial charge in [-0.2, -0.15) is 0 Å². The van der Waals surface area contributed by atoms with Crippen LogP contribution >= 0.6 is 0 Å². The van der Waals surface area contributed by atoms with Crippen LogP contribution in [0, 0.1) is 11.6 Å². The van der Waals surface area contributed by atoms with Crippen molar-refractivity contribution in [1.29, 1.82) is 0 Å². The summed E-state index contributed by atoms with van der Waals surface area (Å²) in [5.41, 5.74) is -1.52. The first kappa shape index (κ1) is 19.9. The number of aromatic nitrogens is 3. The summed E-state index contributed by atoms with van der Waals surface area (Å²) in [5.74, 6) is -3.86. The molecule has 10 heteroatoms. The van der Waals surface area contributed by atoms with E-state index in [1.165, 1.54) is 7.11 Å². The molecule has 29 heavy (non-hydrogen) atoms. The second-order valence-electron chi connectivity index (χ2n) is 5.92. The molecule has 0 spiro atoms. The molecule has 0 atom stereocenters. The van der Waals surface area contributed by atoms with E-state index in [0.717, 1.165) is 23.8 Å². The molecule has 0 fully saturated rings. The van der Waals surface area contributed by atoms with E-state index in [1.54, 1.807) is 18.3 Å². The largest absolute Gasteiger partial charge is 0.501 e. The van der Waals surface area contributed by atoms with Gasteiger partial charge in [-0.25, -0.2) is 18.7 Å². The lowest BCUT2D eigenvalue weighted by Gasteiger charge is -2.09. The van der Waals surface area contributed by atoms with Crippen molar-refractivity contribution in [2.45, 2.75) is 6.42 Å². The lowest BCUT2D eigenvalue weighted by Crippen LogP contribution is -2.28. The zero-order valence-corrected chi connectivity index (χ0v) is 15.2. The summed E-state index contributed by atoms with van der Waals surface area (Å²) in [6, 6.07) is 6.53. The highest BCUT2D eigenvalue weighted by Gasteiger charge is 2.21. The van der Waals surface area contributed by atoms with Crippen LogP contribution in [0.2, 0.25) is 0 Å². The summed E-state index contributed by atoms with van der Waals surface area (Å²) in [7, 11) is 1.48. The van der Waals surface area contributed by atoms with Crippen molar-refractivity contribution in [1.82, 2.24) is 20.3 Å². The molecule has 150 valence electrons. The van der Waals surface area contributed by atoms with Crippen LogP contribution in [-0.2, 0) is 6.42 Å². The molecule has 0 aliphatic heterocycles. The van der Waals surface area contributed by atoms with Crippen LogP contribution in [0.15, 0.2) is 41.3 Å². The molecule has 0 radical (unpaired) electrons. The van der Waals surface area contributed by atoms with E-state index in [0.29, 0.717) is 12.3 Å². The van der Waals surface area contributed by atoms with E-state index in [1.807, 2.05) is 0 Å². The van der Waals surface area contributed by atoms with Gasteiger partial charge in [-0.05, 0) is 30.2 Å². The summed E-state index contributed by atoms with van der Waals surface area (Å²) < 4.78 is 33.0. The van der Waals surface area contributed by atoms with Gasteiger partial charge in [-0.3, -0.25) is 9.59 Å². The van der Waals surface area contributed by atoms with Crippen molar-refractivity contribution >= 4 is 5.91 Å². The Labute approximate surface area is 163 Å². The average Bonchev–Trinajstić information content (AvgIpc) is 2.70. The van der Waals surface area contributed by atoms with E-state index in [4.69, 9.17) is 4.74 Å². The maximum atomic E-state index is 14.0. The highest BCUT2D eigenvalue weighted by Crippen LogP contribution is 2.23. The van der Waals surface area contributed by atoms with Crippen molar-refractivity contribution in [3.8, 4) is 23.0 Å². The number of methoxy groups -OCH3 is 1. The summed E-state index contributed by atoms with van der Waals surface area (Å²) in [4.78, 5) is 34.1. The number of rotatable bonds is 6. The fourth-order valence-corrected chi connectivity index (χ4v) is 2.59. The monoisotopic (exact) mass is 402 g/mol. The molecular weight excluding hydrogens is 386 g/mol. The average molecular weight is 402 g/mol. The molecule has 0 saturated carbocycles. The number of carbonyl (C=O) groups is 1. The topological polar surface area (TPSA) is 117 Å². The Morgan fingerprint density at radius 3 is 2.69 bits per heavy atom. The second-order valence-corrected chi connectivity index (χ2v) is 5.92. The minimum atomic E-state index is -1.10. The number of carbonyl (C=O) groups excluding carboxylic acids is 1. The number of ether oxygens (including phenoxy) is 1. The highest BCUT2D eigenvalue weighted by atomic mass is 19.1. The Balaban J connectivity index is 1.81. The zero-order chi connectivity index (χ0) is 21.0. The first-order valence-corrected chi connectivity index (χ1v) is 8.45. The van der Waals surface area contributed by atoms with Crippen molar-refractivity contribution in [3.05, 3.63) is 69.8 Å². The SMILES string of the molecule is COc1cc(CCNC(=O)c2nc(-c3c(F)cccc3F)[nH]c(=O)c2O)ccn1. The van der Waals surface area contributed by atoms with E-state index in [2.05, 4.69) is 20.3 Å². The maximum absolute atomic E-state index is 14.0. The van der Waals surface area contributed by atoms with Crippen molar-refractivity contribution in [2.75, 3.05) is 13.7 Å². The number of hydrogen-bond donors (Lipinski definition) is 3. The van der Waals surface area contributed by atoms with Gasteiger partial charge in [0.05, 0.1) is 12.7 Å². The van der Waals surface area contributed by atoms with Crippen LogP contribution in [0.3, 0.4) is 0 Å². The normalized spacial score (nSPS) is 10.6. The molecule has 3 aromatic rings. The Morgan fingerprint density at radius 1 is 1.28 bits per heavy atom. The molecule has 1 aromatic carbocycles. The van der Waals surface area contributed by atoms with E-state index in [-0.39, 0.29) is 6.54 Å². The number of aromatic hydroxyl groups is 1. The summed E-state index contributed by atoms with van der Waals surface area (Å²) in [6.45, 7) is 0.142. The third kappa shape index (κ3) is 4.37. The fraction of sp³-hybridized carbons (Fsp3) is 0.158. The molecule has 3 rings (SSSR count). The molecule has 0 saturated heterocycles. The van der Waals surface area contributed by atoms with Gasteiger partial charge in [0.2, 0.25) is 11.6 Å². The molecule has 0 bridgehead atoms. The Hall–Kier alpha value is -3.82. The summed E-state index contributed by atoms with van der Waals surface area (Å²) in [6.07, 6.45) is 1.96. The number of nitrogens with one attached hydrogen (secondary N) is 2. The van der Waals surface area contributed by atoms with Gasteiger partial charge in [0, 0.05) is 18.8 Å². The first-order chi connectivity index (χ1) is 13.9. The zero-order valence-electron chi connectivity index (χ0n) is 15.2. The molecule has 0 aliphatic rings. The third-order valence-electron chi connectivity index (χ3n) is 4.02. The minimum Gasteiger partial charge on any atom is -0.501 e. The van der Waals surface area contributed by atoms with E-state index in [9.17, 15) is 23.5 Å². The highest BCUT2D eigenvalue weighted by molar-refractivity contribution is 5.95. The molecule has 2 aromatic heterocycles. The van der Waals surface area contributed by atoms with E-state index < -0.39 is 45.9 Å². The second kappa shape index (κ2) is 8.46. The standard InChI is InChI=1S/C19H16F2N4O4/c1-29-13-9-10(5-7-22-13)6-8-23-18(27)15-16(26)19(28)25-17(24-15)14-11(20)3-2-4-12(14)21/h2-5,7,9,26H,6,8H2,1H3,(H,23,27)(H,24,25,28). The number of pyridine rings is 1. The molecule has 1 amide bonds. The van der Waals surface area contributed by atoms with Crippen LogP contribution < -0.4 is 15.6 Å². The lowest BCUT2D eigenvalue weighted by molar-refractivity contribution is 0.0945. The number of nitrogens with zero attached hydrogens (tertiary/aromatic N) is 2. The molecule has 0 aliphatic carbocycles. The van der Waals surface area contributed by atoms with E-state index >= 15 is 0 Å². The fourth-order valence-electron chi connectivity index (χ4n) is 2.59. The molecule has 8 nitrogen and oxygen atoms in total. The lowest BCUT2D eigenvalue weighted by atomic mass is 10.1. The smallest absolute Gasteiger partial charge is 0.294 e. The molecule has 3 N–H and O–H groups in total. The Morgan fingerprint density at radius 2 is 2.00 bits per heavy atom. The van der Waals surface area contributed by atoms with Crippen molar-refractivity contribution < 1.29 is 23.4 Å². The van der Waals surface area contributed by atoms with Gasteiger partial charge in [-0.15, -0.1) is 0 Å². The van der Waals surface area contributed by atoms with Gasteiger partial charge in [0.25, 0.3) is 11.5 Å². The number of aromatic amines is 1. The predicted octanol–water partition coefficient (Wildman–Crippen LogP) is 1.80. The summed E-state index contributed by atoms with van der Waals surface area (Å²) in [5, 5.41) is 12.4. The van der Waals surface area contributed by atoms with Gasteiger partial charge in [0.1, 0.15) is 17.5 Å². The van der Waals surface area contributed by atoms with Gasteiger partial charge in [0.15, 0.2) is 5.69 Å². The van der Waals surface area contributed by atoms with Crippen LogP contribution in [0.25, 0.3) is 11.4 Å². The minimum absolute atomic E-state index is 0.142. The molecule has 2 heterocycles. The number of benzene rings is 1. The number of halogens is 2.